The Morgan fingerprint density at radius 2 is 1.87 bits per heavy atom. The standard InChI is InChI=1S/C20H29NOS/c1-2-15-8-10-16(11-9-15)6-4-3-5-7-17-12-19-13-18(21-22)14-20(17)23-19/h8-11,17,19-20,22H,2-7,12-14H2,1H3/b21-18+. The molecule has 0 radical (unpaired) electrons. The highest BCUT2D eigenvalue weighted by Crippen LogP contribution is 2.47. The number of fused-ring (bicyclic) bond motifs is 2. The Morgan fingerprint density at radius 1 is 1.09 bits per heavy atom. The molecule has 2 aliphatic heterocycles. The van der Waals surface area contributed by atoms with Crippen LogP contribution in [0.15, 0.2) is 29.4 Å². The van der Waals surface area contributed by atoms with Gasteiger partial charge >= 0.3 is 0 Å². The molecular formula is C20H29NOS. The first-order valence-corrected chi connectivity index (χ1v) is 10.2. The molecule has 0 spiro atoms. The molecule has 2 saturated heterocycles. The Kier molecular flexibility index (Phi) is 6.04. The van der Waals surface area contributed by atoms with Gasteiger partial charge in [0.05, 0.1) is 5.71 Å². The maximum Gasteiger partial charge on any atom is 0.0592 e. The molecule has 23 heavy (non-hydrogen) atoms. The van der Waals surface area contributed by atoms with Crippen LogP contribution in [-0.4, -0.2) is 21.4 Å². The number of rotatable bonds is 7. The van der Waals surface area contributed by atoms with Gasteiger partial charge in [-0.25, -0.2) is 0 Å². The van der Waals surface area contributed by atoms with Gasteiger partial charge in [-0.3, -0.25) is 0 Å². The number of aryl methyl sites for hydroxylation is 2. The van der Waals surface area contributed by atoms with Crippen LogP contribution in [0.25, 0.3) is 0 Å². The van der Waals surface area contributed by atoms with Crippen molar-refractivity contribution in [1.29, 1.82) is 0 Å². The van der Waals surface area contributed by atoms with Crippen LogP contribution in [0.2, 0.25) is 0 Å². The van der Waals surface area contributed by atoms with Gasteiger partial charge in [0.25, 0.3) is 0 Å². The van der Waals surface area contributed by atoms with Crippen molar-refractivity contribution < 1.29 is 5.21 Å². The molecule has 2 bridgehead atoms. The van der Waals surface area contributed by atoms with Crippen molar-refractivity contribution in [3.8, 4) is 0 Å². The summed E-state index contributed by atoms with van der Waals surface area (Å²) in [5.41, 5.74) is 3.96. The van der Waals surface area contributed by atoms with E-state index in [1.807, 2.05) is 0 Å². The smallest absolute Gasteiger partial charge is 0.0592 e. The molecule has 3 unspecified atom stereocenters. The first kappa shape index (κ1) is 16.9. The maximum atomic E-state index is 9.01. The summed E-state index contributed by atoms with van der Waals surface area (Å²) in [6.45, 7) is 2.21. The first-order valence-electron chi connectivity index (χ1n) is 9.21. The number of thioether (sulfide) groups is 1. The van der Waals surface area contributed by atoms with E-state index in [-0.39, 0.29) is 0 Å². The van der Waals surface area contributed by atoms with Gasteiger partial charge in [0, 0.05) is 23.3 Å². The fraction of sp³-hybridized carbons (Fsp3) is 0.650. The topological polar surface area (TPSA) is 32.6 Å². The van der Waals surface area contributed by atoms with Crippen molar-refractivity contribution in [2.24, 2.45) is 11.1 Å². The van der Waals surface area contributed by atoms with Crippen molar-refractivity contribution in [1.82, 2.24) is 0 Å². The predicted octanol–water partition coefficient (Wildman–Crippen LogP) is 5.47. The molecule has 0 saturated carbocycles. The van der Waals surface area contributed by atoms with Crippen molar-refractivity contribution in [3.05, 3.63) is 35.4 Å². The molecule has 1 aromatic rings. The molecule has 3 heteroatoms. The summed E-state index contributed by atoms with van der Waals surface area (Å²) in [5, 5.41) is 13.9. The van der Waals surface area contributed by atoms with E-state index in [4.69, 9.17) is 5.21 Å². The lowest BCUT2D eigenvalue weighted by atomic mass is 9.93. The van der Waals surface area contributed by atoms with Crippen LogP contribution in [-0.2, 0) is 12.8 Å². The highest BCUT2D eigenvalue weighted by Gasteiger charge is 2.39. The second-order valence-electron chi connectivity index (χ2n) is 7.14. The maximum absolute atomic E-state index is 9.01. The highest BCUT2D eigenvalue weighted by atomic mass is 32.2. The molecular weight excluding hydrogens is 302 g/mol. The fourth-order valence-electron chi connectivity index (χ4n) is 4.07. The largest absolute Gasteiger partial charge is 0.411 e. The summed E-state index contributed by atoms with van der Waals surface area (Å²) in [6.07, 6.45) is 11.1. The van der Waals surface area contributed by atoms with E-state index < -0.39 is 0 Å². The third-order valence-corrected chi connectivity index (χ3v) is 7.12. The third-order valence-electron chi connectivity index (χ3n) is 5.47. The molecule has 0 aliphatic carbocycles. The Bertz CT molecular complexity index is 525. The van der Waals surface area contributed by atoms with Crippen molar-refractivity contribution in [3.63, 3.8) is 0 Å². The molecule has 0 aromatic heterocycles. The second kappa shape index (κ2) is 8.23. The second-order valence-corrected chi connectivity index (χ2v) is 8.68. The number of unbranched alkanes of at least 4 members (excludes halogenated alkanes) is 2. The Hall–Kier alpha value is -0.960. The monoisotopic (exact) mass is 331 g/mol. The first-order chi connectivity index (χ1) is 11.3. The van der Waals surface area contributed by atoms with E-state index in [1.54, 1.807) is 0 Å². The van der Waals surface area contributed by atoms with Crippen molar-refractivity contribution in [2.75, 3.05) is 0 Å². The average molecular weight is 332 g/mol. The number of hydrogen-bond donors (Lipinski definition) is 1. The molecule has 0 amide bonds. The molecule has 1 N–H and O–H groups in total. The Morgan fingerprint density at radius 3 is 2.61 bits per heavy atom. The van der Waals surface area contributed by atoms with E-state index in [9.17, 15) is 0 Å². The normalized spacial score (nSPS) is 28.4. The van der Waals surface area contributed by atoms with Gasteiger partial charge in [0.15, 0.2) is 0 Å². The highest BCUT2D eigenvalue weighted by molar-refractivity contribution is 8.00. The van der Waals surface area contributed by atoms with Crippen molar-refractivity contribution >= 4 is 17.5 Å². The van der Waals surface area contributed by atoms with Crippen LogP contribution in [0.5, 0.6) is 0 Å². The zero-order valence-corrected chi connectivity index (χ0v) is 15.0. The molecule has 2 fully saturated rings. The Labute approximate surface area is 144 Å². The van der Waals surface area contributed by atoms with Crippen LogP contribution in [0.3, 0.4) is 0 Å². The summed E-state index contributed by atoms with van der Waals surface area (Å²) in [7, 11) is 0. The predicted molar refractivity (Wildman–Crippen MR) is 99.7 cm³/mol. The van der Waals surface area contributed by atoms with Gasteiger partial charge in [-0.15, -0.1) is 0 Å². The third kappa shape index (κ3) is 4.53. The van der Waals surface area contributed by atoms with E-state index in [1.165, 1.54) is 49.7 Å². The van der Waals surface area contributed by atoms with Crippen LogP contribution >= 0.6 is 11.8 Å². The van der Waals surface area contributed by atoms with Gasteiger partial charge in [0.1, 0.15) is 0 Å². The number of benzene rings is 1. The molecule has 2 heterocycles. The summed E-state index contributed by atoms with van der Waals surface area (Å²) >= 11 is 2.15. The molecule has 2 nitrogen and oxygen atoms in total. The summed E-state index contributed by atoms with van der Waals surface area (Å²) < 4.78 is 0. The lowest BCUT2D eigenvalue weighted by Crippen LogP contribution is -2.19. The van der Waals surface area contributed by atoms with E-state index in [2.05, 4.69) is 48.1 Å². The van der Waals surface area contributed by atoms with Crippen molar-refractivity contribution in [2.45, 2.75) is 75.2 Å². The quantitative estimate of drug-likeness (QED) is 0.408. The number of hydrogen-bond acceptors (Lipinski definition) is 3. The minimum absolute atomic E-state index is 0.723. The van der Waals surface area contributed by atoms with E-state index in [0.29, 0.717) is 0 Å². The minimum Gasteiger partial charge on any atom is -0.411 e. The zero-order chi connectivity index (χ0) is 16.1. The van der Waals surface area contributed by atoms with Crippen LogP contribution in [0.4, 0.5) is 0 Å². The lowest BCUT2D eigenvalue weighted by molar-refractivity contribution is 0.316. The van der Waals surface area contributed by atoms with Gasteiger partial charge < -0.3 is 5.21 Å². The summed E-state index contributed by atoms with van der Waals surface area (Å²) in [4.78, 5) is 0. The fourth-order valence-corrected chi connectivity index (χ4v) is 5.97. The van der Waals surface area contributed by atoms with E-state index in [0.717, 1.165) is 41.4 Å². The number of oxime groups is 1. The molecule has 2 aliphatic rings. The summed E-state index contributed by atoms with van der Waals surface area (Å²) in [5.74, 6) is 0.855. The van der Waals surface area contributed by atoms with Gasteiger partial charge in [-0.1, -0.05) is 49.2 Å². The number of nitrogens with zero attached hydrogens (tertiary/aromatic N) is 1. The lowest BCUT2D eigenvalue weighted by Gasteiger charge is -2.21. The van der Waals surface area contributed by atoms with Gasteiger partial charge in [0.2, 0.25) is 0 Å². The average Bonchev–Trinajstić information content (AvgIpc) is 2.88. The SMILES string of the molecule is CCc1ccc(CCCCCC2CC3C/C(=N\O)CC2S3)cc1. The molecule has 126 valence electrons. The van der Waals surface area contributed by atoms with Crippen LogP contribution in [0, 0.1) is 5.92 Å². The molecule has 3 atom stereocenters. The molecule has 1 aromatic carbocycles. The molecule has 3 rings (SSSR count). The van der Waals surface area contributed by atoms with Crippen LogP contribution in [0.1, 0.15) is 63.0 Å². The minimum atomic E-state index is 0.723. The van der Waals surface area contributed by atoms with Crippen LogP contribution < -0.4 is 0 Å². The van der Waals surface area contributed by atoms with Gasteiger partial charge in [-0.05, 0) is 49.1 Å². The Balaban J connectivity index is 1.34. The zero-order valence-electron chi connectivity index (χ0n) is 14.2. The van der Waals surface area contributed by atoms with E-state index >= 15 is 0 Å². The summed E-state index contributed by atoms with van der Waals surface area (Å²) in [6, 6.07) is 9.13. The van der Waals surface area contributed by atoms with Gasteiger partial charge in [-0.2, -0.15) is 11.8 Å².